The van der Waals surface area contributed by atoms with Crippen LogP contribution in [0.4, 0.5) is 0 Å². The maximum Gasteiger partial charge on any atom is 0.252 e. The maximum absolute atomic E-state index is 12.5. The first-order chi connectivity index (χ1) is 11.9. The Bertz CT molecular complexity index is 742. The highest BCUT2D eigenvalue weighted by atomic mass is 35.5. The molecule has 2 N–H and O–H groups in total. The lowest BCUT2D eigenvalue weighted by atomic mass is 10.0. The number of carbonyl (C=O) groups excluding carboxylic acids is 2. The molecule has 2 amide bonds. The standard InChI is InChI=1S/C20H23ClN2O2/c1-13(2)18(23-19(24)17-7-5-4-6-14(17)3)20(25)22-12-15-8-10-16(21)11-9-15/h4-11,13,18H,12H2,1-3H3,(H,22,25)(H,23,24). The predicted octanol–water partition coefficient (Wildman–Crippen LogP) is 3.72. The van der Waals surface area contributed by atoms with Crippen LogP contribution in [0.5, 0.6) is 0 Å². The Balaban J connectivity index is 2.01. The van der Waals surface area contributed by atoms with E-state index in [0.717, 1.165) is 11.1 Å². The average molecular weight is 359 g/mol. The minimum absolute atomic E-state index is 0.0295. The zero-order valence-corrected chi connectivity index (χ0v) is 15.4. The van der Waals surface area contributed by atoms with Crippen molar-refractivity contribution >= 4 is 23.4 Å². The van der Waals surface area contributed by atoms with Gasteiger partial charge < -0.3 is 10.6 Å². The quantitative estimate of drug-likeness (QED) is 0.826. The van der Waals surface area contributed by atoms with E-state index in [0.29, 0.717) is 17.1 Å². The molecule has 2 aromatic carbocycles. The van der Waals surface area contributed by atoms with Crippen molar-refractivity contribution in [1.82, 2.24) is 10.6 Å². The topological polar surface area (TPSA) is 58.2 Å². The second kappa shape index (κ2) is 8.67. The third-order valence-corrected chi connectivity index (χ3v) is 4.26. The summed E-state index contributed by atoms with van der Waals surface area (Å²) in [6, 6.07) is 14.0. The molecule has 0 aliphatic heterocycles. The van der Waals surface area contributed by atoms with Gasteiger partial charge in [-0.3, -0.25) is 9.59 Å². The van der Waals surface area contributed by atoms with Gasteiger partial charge in [0.2, 0.25) is 5.91 Å². The summed E-state index contributed by atoms with van der Waals surface area (Å²) in [4.78, 5) is 25.0. The van der Waals surface area contributed by atoms with Crippen LogP contribution in [0.25, 0.3) is 0 Å². The highest BCUT2D eigenvalue weighted by Gasteiger charge is 2.24. The first-order valence-electron chi connectivity index (χ1n) is 8.27. The number of amides is 2. The van der Waals surface area contributed by atoms with Crippen molar-refractivity contribution < 1.29 is 9.59 Å². The summed E-state index contributed by atoms with van der Waals surface area (Å²) in [5.41, 5.74) is 2.41. The third kappa shape index (κ3) is 5.33. The van der Waals surface area contributed by atoms with Crippen molar-refractivity contribution in [3.8, 4) is 0 Å². The van der Waals surface area contributed by atoms with Crippen LogP contribution in [0.3, 0.4) is 0 Å². The SMILES string of the molecule is Cc1ccccc1C(=O)NC(C(=O)NCc1ccc(Cl)cc1)C(C)C. The number of rotatable bonds is 6. The summed E-state index contributed by atoms with van der Waals surface area (Å²) in [7, 11) is 0. The molecule has 0 heterocycles. The zero-order valence-electron chi connectivity index (χ0n) is 14.7. The van der Waals surface area contributed by atoms with Gasteiger partial charge in [0, 0.05) is 17.1 Å². The number of hydrogen-bond acceptors (Lipinski definition) is 2. The molecule has 0 fully saturated rings. The Morgan fingerprint density at radius 1 is 1.04 bits per heavy atom. The number of halogens is 1. The minimum atomic E-state index is -0.598. The second-order valence-electron chi connectivity index (χ2n) is 6.35. The third-order valence-electron chi connectivity index (χ3n) is 4.01. The molecule has 0 aliphatic carbocycles. The molecule has 0 bridgehead atoms. The molecule has 132 valence electrons. The van der Waals surface area contributed by atoms with Crippen LogP contribution < -0.4 is 10.6 Å². The molecule has 2 rings (SSSR count). The number of carbonyl (C=O) groups is 2. The van der Waals surface area contributed by atoms with E-state index >= 15 is 0 Å². The van der Waals surface area contributed by atoms with Crippen LogP contribution in [0, 0.1) is 12.8 Å². The van der Waals surface area contributed by atoms with Crippen LogP contribution in [0.2, 0.25) is 5.02 Å². The van der Waals surface area contributed by atoms with Crippen molar-refractivity contribution in [2.45, 2.75) is 33.4 Å². The number of aryl methyl sites for hydroxylation is 1. The number of benzene rings is 2. The predicted molar refractivity (Wildman–Crippen MR) is 101 cm³/mol. The lowest BCUT2D eigenvalue weighted by Gasteiger charge is -2.22. The van der Waals surface area contributed by atoms with Gasteiger partial charge >= 0.3 is 0 Å². The van der Waals surface area contributed by atoms with Gasteiger partial charge in [0.1, 0.15) is 6.04 Å². The van der Waals surface area contributed by atoms with Gasteiger partial charge in [-0.2, -0.15) is 0 Å². The van der Waals surface area contributed by atoms with Gasteiger partial charge in [-0.25, -0.2) is 0 Å². The first kappa shape index (κ1) is 19.0. The van der Waals surface area contributed by atoms with Crippen LogP contribution in [-0.4, -0.2) is 17.9 Å². The Morgan fingerprint density at radius 2 is 1.68 bits per heavy atom. The Labute approximate surface area is 153 Å². The van der Waals surface area contributed by atoms with Gasteiger partial charge in [-0.1, -0.05) is 55.8 Å². The van der Waals surface area contributed by atoms with E-state index < -0.39 is 6.04 Å². The van der Waals surface area contributed by atoms with Gasteiger partial charge in [-0.05, 0) is 42.2 Å². The fourth-order valence-electron chi connectivity index (χ4n) is 2.48. The summed E-state index contributed by atoms with van der Waals surface area (Å²) in [6.07, 6.45) is 0. The fourth-order valence-corrected chi connectivity index (χ4v) is 2.61. The average Bonchev–Trinajstić information content (AvgIpc) is 2.58. The molecule has 0 radical (unpaired) electrons. The van der Waals surface area contributed by atoms with Crippen molar-refractivity contribution in [3.63, 3.8) is 0 Å². The van der Waals surface area contributed by atoms with Crippen LogP contribution >= 0.6 is 11.6 Å². The minimum Gasteiger partial charge on any atom is -0.350 e. The summed E-state index contributed by atoms with van der Waals surface area (Å²) >= 11 is 5.86. The summed E-state index contributed by atoms with van der Waals surface area (Å²) in [5.74, 6) is -0.469. The van der Waals surface area contributed by atoms with E-state index in [-0.39, 0.29) is 17.7 Å². The molecule has 0 saturated carbocycles. The Morgan fingerprint density at radius 3 is 2.28 bits per heavy atom. The van der Waals surface area contributed by atoms with Gasteiger partial charge in [-0.15, -0.1) is 0 Å². The van der Waals surface area contributed by atoms with E-state index in [4.69, 9.17) is 11.6 Å². The van der Waals surface area contributed by atoms with Crippen LogP contribution in [0.15, 0.2) is 48.5 Å². The van der Waals surface area contributed by atoms with Gasteiger partial charge in [0.15, 0.2) is 0 Å². The summed E-state index contributed by atoms with van der Waals surface area (Å²) < 4.78 is 0. The molecular weight excluding hydrogens is 336 g/mol. The fraction of sp³-hybridized carbons (Fsp3) is 0.300. The van der Waals surface area contributed by atoms with Gasteiger partial charge in [0.25, 0.3) is 5.91 Å². The monoisotopic (exact) mass is 358 g/mol. The lowest BCUT2D eigenvalue weighted by Crippen LogP contribution is -2.49. The molecule has 2 aromatic rings. The molecule has 4 nitrogen and oxygen atoms in total. The van der Waals surface area contributed by atoms with Crippen molar-refractivity contribution in [3.05, 3.63) is 70.2 Å². The molecule has 5 heteroatoms. The Kier molecular flexibility index (Phi) is 6.59. The number of hydrogen-bond donors (Lipinski definition) is 2. The van der Waals surface area contributed by atoms with E-state index in [1.54, 1.807) is 18.2 Å². The normalized spacial score (nSPS) is 11.9. The van der Waals surface area contributed by atoms with Crippen molar-refractivity contribution in [2.75, 3.05) is 0 Å². The van der Waals surface area contributed by atoms with E-state index in [2.05, 4.69) is 10.6 Å². The molecule has 0 aliphatic rings. The second-order valence-corrected chi connectivity index (χ2v) is 6.79. The van der Waals surface area contributed by atoms with E-state index in [1.807, 2.05) is 51.1 Å². The molecule has 25 heavy (non-hydrogen) atoms. The maximum atomic E-state index is 12.5. The number of nitrogens with one attached hydrogen (secondary N) is 2. The highest BCUT2D eigenvalue weighted by Crippen LogP contribution is 2.11. The molecule has 0 saturated heterocycles. The summed E-state index contributed by atoms with van der Waals surface area (Å²) in [5, 5.41) is 6.37. The molecular formula is C20H23ClN2O2. The lowest BCUT2D eigenvalue weighted by molar-refractivity contribution is -0.124. The van der Waals surface area contributed by atoms with Crippen LogP contribution in [-0.2, 0) is 11.3 Å². The van der Waals surface area contributed by atoms with Crippen molar-refractivity contribution in [2.24, 2.45) is 5.92 Å². The summed E-state index contributed by atoms with van der Waals surface area (Å²) in [6.45, 7) is 6.08. The molecule has 0 spiro atoms. The molecule has 0 aromatic heterocycles. The van der Waals surface area contributed by atoms with Crippen molar-refractivity contribution in [1.29, 1.82) is 0 Å². The highest BCUT2D eigenvalue weighted by molar-refractivity contribution is 6.30. The Hall–Kier alpha value is -2.33. The molecule has 1 unspecified atom stereocenters. The van der Waals surface area contributed by atoms with Gasteiger partial charge in [0.05, 0.1) is 0 Å². The van der Waals surface area contributed by atoms with E-state index in [1.165, 1.54) is 0 Å². The first-order valence-corrected chi connectivity index (χ1v) is 8.65. The smallest absolute Gasteiger partial charge is 0.252 e. The van der Waals surface area contributed by atoms with Crippen LogP contribution in [0.1, 0.15) is 35.3 Å². The van der Waals surface area contributed by atoms with E-state index in [9.17, 15) is 9.59 Å². The zero-order chi connectivity index (χ0) is 18.4. The molecule has 1 atom stereocenters. The largest absolute Gasteiger partial charge is 0.350 e.